The smallest absolute Gasteiger partial charge is 0.272 e. The van der Waals surface area contributed by atoms with Crippen molar-refractivity contribution < 1.29 is 13.5 Å². The Morgan fingerprint density at radius 2 is 2.36 bits per heavy atom. The van der Waals surface area contributed by atoms with Crippen molar-refractivity contribution in [1.82, 2.24) is 10.3 Å². The van der Waals surface area contributed by atoms with Crippen molar-refractivity contribution in [2.75, 3.05) is 13.7 Å². The Hall–Kier alpha value is -1.23. The van der Waals surface area contributed by atoms with E-state index in [9.17, 15) is 8.78 Å². The van der Waals surface area contributed by atoms with Gasteiger partial charge in [-0.1, -0.05) is 0 Å². The maximum atomic E-state index is 11.8. The molecule has 5 heteroatoms. The van der Waals surface area contributed by atoms with Crippen molar-refractivity contribution in [2.45, 2.75) is 13.0 Å². The van der Waals surface area contributed by atoms with Gasteiger partial charge in [-0.05, 0) is 18.7 Å². The van der Waals surface area contributed by atoms with Crippen LogP contribution >= 0.6 is 0 Å². The van der Waals surface area contributed by atoms with Crippen LogP contribution < -0.4 is 10.1 Å². The van der Waals surface area contributed by atoms with Crippen molar-refractivity contribution >= 4 is 0 Å². The highest BCUT2D eigenvalue weighted by Crippen LogP contribution is 2.09. The van der Waals surface area contributed by atoms with Crippen LogP contribution in [0.3, 0.4) is 0 Å². The second kappa shape index (κ2) is 5.49. The van der Waals surface area contributed by atoms with Crippen LogP contribution in [-0.2, 0) is 6.54 Å². The first-order chi connectivity index (χ1) is 6.72. The summed E-state index contributed by atoms with van der Waals surface area (Å²) in [6.45, 7) is 0.0452. The summed E-state index contributed by atoms with van der Waals surface area (Å²) in [5, 5.41) is 2.94. The summed E-state index contributed by atoms with van der Waals surface area (Å²) >= 11 is 0. The Kier molecular flexibility index (Phi) is 4.25. The van der Waals surface area contributed by atoms with E-state index in [0.29, 0.717) is 6.54 Å². The van der Waals surface area contributed by atoms with Gasteiger partial charge < -0.3 is 10.1 Å². The first-order valence-corrected chi connectivity index (χ1v) is 4.23. The summed E-state index contributed by atoms with van der Waals surface area (Å²) in [6.07, 6.45) is -0.933. The van der Waals surface area contributed by atoms with Crippen molar-refractivity contribution in [3.05, 3.63) is 23.9 Å². The zero-order valence-electron chi connectivity index (χ0n) is 7.84. The van der Waals surface area contributed by atoms with Gasteiger partial charge in [0.15, 0.2) is 6.61 Å². The van der Waals surface area contributed by atoms with Gasteiger partial charge >= 0.3 is 0 Å². The fourth-order valence-electron chi connectivity index (χ4n) is 0.992. The number of pyridine rings is 1. The molecule has 0 amide bonds. The molecule has 0 aromatic carbocycles. The van der Waals surface area contributed by atoms with Crippen LogP contribution in [0.4, 0.5) is 8.78 Å². The van der Waals surface area contributed by atoms with E-state index in [4.69, 9.17) is 4.74 Å². The zero-order chi connectivity index (χ0) is 10.4. The molecule has 0 unspecified atom stereocenters. The topological polar surface area (TPSA) is 34.2 Å². The summed E-state index contributed by atoms with van der Waals surface area (Å²) in [4.78, 5) is 3.81. The lowest BCUT2D eigenvalue weighted by atomic mass is 10.3. The predicted molar refractivity (Wildman–Crippen MR) is 48.5 cm³/mol. The quantitative estimate of drug-likeness (QED) is 0.784. The molecular formula is C9H12F2N2O. The van der Waals surface area contributed by atoms with E-state index in [1.807, 2.05) is 0 Å². The van der Waals surface area contributed by atoms with Crippen LogP contribution in [0.15, 0.2) is 18.3 Å². The predicted octanol–water partition coefficient (Wildman–Crippen LogP) is 1.44. The van der Waals surface area contributed by atoms with Gasteiger partial charge in [0.2, 0.25) is 5.88 Å². The molecule has 0 aliphatic heterocycles. The number of aromatic nitrogens is 1. The minimum atomic E-state index is -2.47. The van der Waals surface area contributed by atoms with Gasteiger partial charge in [-0.2, -0.15) is 0 Å². The van der Waals surface area contributed by atoms with Gasteiger partial charge in [0, 0.05) is 18.8 Å². The first kappa shape index (κ1) is 10.8. The van der Waals surface area contributed by atoms with Crippen LogP contribution in [0.5, 0.6) is 5.88 Å². The molecule has 78 valence electrons. The van der Waals surface area contributed by atoms with Gasteiger partial charge in [0.05, 0.1) is 0 Å². The molecule has 0 bridgehead atoms. The van der Waals surface area contributed by atoms with Crippen LogP contribution in [0, 0.1) is 0 Å². The van der Waals surface area contributed by atoms with Crippen LogP contribution in [-0.4, -0.2) is 25.1 Å². The first-order valence-electron chi connectivity index (χ1n) is 4.23. The third kappa shape index (κ3) is 3.66. The molecule has 0 fully saturated rings. The second-order valence-electron chi connectivity index (χ2n) is 2.73. The van der Waals surface area contributed by atoms with E-state index in [1.165, 1.54) is 6.20 Å². The van der Waals surface area contributed by atoms with Crippen LogP contribution in [0.2, 0.25) is 0 Å². The number of nitrogens with one attached hydrogen (secondary N) is 1. The summed E-state index contributed by atoms with van der Waals surface area (Å²) in [7, 11) is 1.81. The average Bonchev–Trinajstić information content (AvgIpc) is 2.16. The molecular weight excluding hydrogens is 190 g/mol. The van der Waals surface area contributed by atoms with Crippen LogP contribution in [0.1, 0.15) is 5.56 Å². The fourth-order valence-corrected chi connectivity index (χ4v) is 0.992. The largest absolute Gasteiger partial charge is 0.472 e. The molecule has 1 N–H and O–H groups in total. The molecule has 1 aromatic heterocycles. The fraction of sp³-hybridized carbons (Fsp3) is 0.444. The SMILES string of the molecule is CNCc1ccnc(OCC(F)F)c1. The zero-order valence-corrected chi connectivity index (χ0v) is 7.84. The third-order valence-electron chi connectivity index (χ3n) is 1.54. The molecule has 0 radical (unpaired) electrons. The maximum Gasteiger partial charge on any atom is 0.272 e. The lowest BCUT2D eigenvalue weighted by Gasteiger charge is -2.05. The number of rotatable bonds is 5. The van der Waals surface area contributed by atoms with E-state index < -0.39 is 13.0 Å². The molecule has 0 aliphatic carbocycles. The number of ether oxygens (including phenoxy) is 1. The Balaban J connectivity index is 2.54. The highest BCUT2D eigenvalue weighted by molar-refractivity contribution is 5.20. The Labute approximate surface area is 81.1 Å². The van der Waals surface area contributed by atoms with Crippen molar-refractivity contribution in [3.63, 3.8) is 0 Å². The van der Waals surface area contributed by atoms with Gasteiger partial charge in [0.25, 0.3) is 6.43 Å². The second-order valence-corrected chi connectivity index (χ2v) is 2.73. The van der Waals surface area contributed by atoms with E-state index in [1.54, 1.807) is 19.2 Å². The molecule has 14 heavy (non-hydrogen) atoms. The van der Waals surface area contributed by atoms with Crippen molar-refractivity contribution in [3.8, 4) is 5.88 Å². The highest BCUT2D eigenvalue weighted by Gasteiger charge is 2.04. The summed E-state index contributed by atoms with van der Waals surface area (Å²) in [6, 6.07) is 3.44. The van der Waals surface area contributed by atoms with Gasteiger partial charge in [-0.3, -0.25) is 0 Å². The summed E-state index contributed by atoms with van der Waals surface area (Å²) in [5.74, 6) is 0.234. The van der Waals surface area contributed by atoms with Gasteiger partial charge in [0.1, 0.15) is 0 Å². The normalized spacial score (nSPS) is 10.6. The molecule has 1 aromatic rings. The number of alkyl halides is 2. The monoisotopic (exact) mass is 202 g/mol. The lowest BCUT2D eigenvalue weighted by Crippen LogP contribution is -2.09. The van der Waals surface area contributed by atoms with E-state index in [-0.39, 0.29) is 5.88 Å². The van der Waals surface area contributed by atoms with E-state index in [2.05, 4.69) is 10.3 Å². The number of hydrogen-bond donors (Lipinski definition) is 1. The minimum absolute atomic E-state index is 0.234. The minimum Gasteiger partial charge on any atom is -0.472 e. The molecule has 0 saturated heterocycles. The van der Waals surface area contributed by atoms with Crippen LogP contribution in [0.25, 0.3) is 0 Å². The molecule has 1 heterocycles. The van der Waals surface area contributed by atoms with E-state index >= 15 is 0 Å². The molecule has 0 atom stereocenters. The summed E-state index contributed by atoms with van der Waals surface area (Å²) < 4.78 is 28.4. The lowest BCUT2D eigenvalue weighted by molar-refractivity contribution is 0.0795. The maximum absolute atomic E-state index is 11.8. The van der Waals surface area contributed by atoms with Gasteiger partial charge in [-0.25, -0.2) is 13.8 Å². The van der Waals surface area contributed by atoms with E-state index in [0.717, 1.165) is 5.56 Å². The molecule has 0 aliphatic rings. The van der Waals surface area contributed by atoms with Crippen molar-refractivity contribution in [1.29, 1.82) is 0 Å². The third-order valence-corrected chi connectivity index (χ3v) is 1.54. The van der Waals surface area contributed by atoms with Gasteiger partial charge in [-0.15, -0.1) is 0 Å². The molecule has 0 saturated carbocycles. The molecule has 1 rings (SSSR count). The number of nitrogens with zero attached hydrogens (tertiary/aromatic N) is 1. The number of halogens is 2. The Morgan fingerprint density at radius 3 is 3.00 bits per heavy atom. The molecule has 3 nitrogen and oxygen atoms in total. The Morgan fingerprint density at radius 1 is 1.57 bits per heavy atom. The van der Waals surface area contributed by atoms with Crippen molar-refractivity contribution in [2.24, 2.45) is 0 Å². The average molecular weight is 202 g/mol. The number of hydrogen-bond acceptors (Lipinski definition) is 3. The Bertz CT molecular complexity index is 281. The molecule has 0 spiro atoms. The summed E-state index contributed by atoms with van der Waals surface area (Å²) in [5.41, 5.74) is 0.951. The highest BCUT2D eigenvalue weighted by atomic mass is 19.3. The standard InChI is InChI=1S/C9H12F2N2O/c1-12-5-7-2-3-13-9(4-7)14-6-8(10)11/h2-4,8,12H,5-6H2,1H3.